The summed E-state index contributed by atoms with van der Waals surface area (Å²) < 4.78 is 3.39. The van der Waals surface area contributed by atoms with Gasteiger partial charge in [-0.1, -0.05) is 13.8 Å². The van der Waals surface area contributed by atoms with E-state index in [1.165, 1.54) is 0 Å². The fourth-order valence-corrected chi connectivity index (χ4v) is 3.25. The summed E-state index contributed by atoms with van der Waals surface area (Å²) in [6, 6.07) is 3.74. The highest BCUT2D eigenvalue weighted by Gasteiger charge is 2.28. The summed E-state index contributed by atoms with van der Waals surface area (Å²) in [5.41, 5.74) is 1.48. The Balaban J connectivity index is 1.99. The second kappa shape index (κ2) is 5.59. The first-order valence-electron chi connectivity index (χ1n) is 7.81. The van der Waals surface area contributed by atoms with Crippen molar-refractivity contribution in [2.75, 3.05) is 13.1 Å². The zero-order valence-electron chi connectivity index (χ0n) is 13.3. The van der Waals surface area contributed by atoms with Crippen LogP contribution < -0.4 is 5.69 Å². The van der Waals surface area contributed by atoms with E-state index in [1.807, 2.05) is 30.9 Å². The minimum atomic E-state index is -0.0578. The fourth-order valence-electron chi connectivity index (χ4n) is 3.25. The monoisotopic (exact) mass is 302 g/mol. The minimum absolute atomic E-state index is 0.00236. The van der Waals surface area contributed by atoms with E-state index in [9.17, 15) is 9.59 Å². The van der Waals surface area contributed by atoms with Crippen LogP contribution in [0, 0.1) is 5.92 Å². The number of aryl methyl sites for hydroxylation is 1. The smallest absolute Gasteiger partial charge is 0.330 e. The maximum absolute atomic E-state index is 12.6. The van der Waals surface area contributed by atoms with Crippen LogP contribution in [0.3, 0.4) is 0 Å². The Bertz CT molecular complexity index is 759. The highest BCUT2D eigenvalue weighted by atomic mass is 16.2. The molecule has 0 spiro atoms. The number of hydrogen-bond donors (Lipinski definition) is 0. The van der Waals surface area contributed by atoms with Crippen LogP contribution in [-0.2, 0) is 11.8 Å². The van der Waals surface area contributed by atoms with E-state index in [-0.39, 0.29) is 23.6 Å². The van der Waals surface area contributed by atoms with E-state index in [1.54, 1.807) is 22.4 Å². The first-order valence-corrected chi connectivity index (χ1v) is 7.81. The third-order valence-electron chi connectivity index (χ3n) is 4.42. The highest BCUT2D eigenvalue weighted by molar-refractivity contribution is 5.78. The predicted octanol–water partition coefficient (Wildman–Crippen LogP) is 1.55. The lowest BCUT2D eigenvalue weighted by atomic mass is 10.0. The largest absolute Gasteiger partial charge is 0.340 e. The van der Waals surface area contributed by atoms with Gasteiger partial charge in [0.2, 0.25) is 5.91 Å². The van der Waals surface area contributed by atoms with E-state index >= 15 is 0 Å². The summed E-state index contributed by atoms with van der Waals surface area (Å²) in [5, 5.41) is 0. The number of amides is 1. The van der Waals surface area contributed by atoms with Gasteiger partial charge in [0, 0.05) is 32.3 Å². The molecule has 2 aromatic heterocycles. The molecule has 118 valence electrons. The maximum atomic E-state index is 12.6. The molecule has 2 aromatic rings. The van der Waals surface area contributed by atoms with E-state index < -0.39 is 0 Å². The number of imidazole rings is 1. The molecule has 1 atom stereocenters. The molecule has 1 saturated heterocycles. The van der Waals surface area contributed by atoms with Crippen molar-refractivity contribution in [3.63, 3.8) is 0 Å². The van der Waals surface area contributed by atoms with Crippen molar-refractivity contribution in [2.45, 2.75) is 32.7 Å². The van der Waals surface area contributed by atoms with Crippen LogP contribution in [0.4, 0.5) is 0 Å². The molecule has 1 amide bonds. The standard InChI is InChI=1S/C16H22N4O2/c1-11(2)15(21)19-9-5-6-12(10-19)20-14-13(7-4-8-17-14)18(3)16(20)22/h4,7-8,11-12H,5-6,9-10H2,1-3H3. The number of aromatic nitrogens is 3. The average Bonchev–Trinajstić information content (AvgIpc) is 2.78. The molecule has 1 aliphatic rings. The maximum Gasteiger partial charge on any atom is 0.330 e. The van der Waals surface area contributed by atoms with Crippen LogP contribution in [0.1, 0.15) is 32.7 Å². The van der Waals surface area contributed by atoms with E-state index in [2.05, 4.69) is 4.98 Å². The van der Waals surface area contributed by atoms with Gasteiger partial charge in [0.05, 0.1) is 11.6 Å². The Kier molecular flexibility index (Phi) is 3.76. The van der Waals surface area contributed by atoms with Crippen LogP contribution in [-0.4, -0.2) is 38.0 Å². The van der Waals surface area contributed by atoms with Gasteiger partial charge in [-0.15, -0.1) is 0 Å². The normalized spacial score (nSPS) is 19.1. The first kappa shape index (κ1) is 14.8. The molecule has 6 heteroatoms. The Hall–Kier alpha value is -2.11. The van der Waals surface area contributed by atoms with Gasteiger partial charge in [-0.2, -0.15) is 0 Å². The molecular formula is C16H22N4O2. The zero-order chi connectivity index (χ0) is 15.9. The zero-order valence-corrected chi connectivity index (χ0v) is 13.3. The lowest BCUT2D eigenvalue weighted by Gasteiger charge is -2.34. The Morgan fingerprint density at radius 2 is 2.18 bits per heavy atom. The number of likely N-dealkylation sites (tertiary alicyclic amines) is 1. The number of pyridine rings is 1. The molecule has 0 bridgehead atoms. The van der Waals surface area contributed by atoms with Gasteiger partial charge >= 0.3 is 5.69 Å². The molecule has 0 saturated carbocycles. The van der Waals surface area contributed by atoms with Gasteiger partial charge in [0.1, 0.15) is 0 Å². The third kappa shape index (κ3) is 2.32. The second-order valence-corrected chi connectivity index (χ2v) is 6.29. The average molecular weight is 302 g/mol. The second-order valence-electron chi connectivity index (χ2n) is 6.29. The van der Waals surface area contributed by atoms with Crippen molar-refractivity contribution in [1.29, 1.82) is 0 Å². The number of carbonyl (C=O) groups is 1. The van der Waals surface area contributed by atoms with Crippen LogP contribution in [0.15, 0.2) is 23.1 Å². The van der Waals surface area contributed by atoms with E-state index in [4.69, 9.17) is 0 Å². The molecule has 3 rings (SSSR count). The molecule has 0 radical (unpaired) electrons. The van der Waals surface area contributed by atoms with Gasteiger partial charge in [0.25, 0.3) is 0 Å². The summed E-state index contributed by atoms with van der Waals surface area (Å²) in [6.45, 7) is 5.20. The van der Waals surface area contributed by atoms with Crippen molar-refractivity contribution >= 4 is 17.1 Å². The number of rotatable bonds is 2. The van der Waals surface area contributed by atoms with Gasteiger partial charge in [-0.25, -0.2) is 9.78 Å². The number of piperidine rings is 1. The van der Waals surface area contributed by atoms with Crippen molar-refractivity contribution in [3.8, 4) is 0 Å². The topological polar surface area (TPSA) is 60.1 Å². The van der Waals surface area contributed by atoms with Crippen LogP contribution in [0.25, 0.3) is 11.2 Å². The molecule has 3 heterocycles. The van der Waals surface area contributed by atoms with Crippen molar-refractivity contribution in [3.05, 3.63) is 28.8 Å². The van der Waals surface area contributed by atoms with Gasteiger partial charge < -0.3 is 4.90 Å². The van der Waals surface area contributed by atoms with Crippen molar-refractivity contribution in [2.24, 2.45) is 13.0 Å². The van der Waals surface area contributed by atoms with Gasteiger partial charge in [-0.3, -0.25) is 13.9 Å². The van der Waals surface area contributed by atoms with Crippen LogP contribution >= 0.6 is 0 Å². The molecule has 22 heavy (non-hydrogen) atoms. The SMILES string of the molecule is CC(C)C(=O)N1CCCC(n2c(=O)n(C)c3cccnc32)C1. The molecule has 1 aliphatic heterocycles. The molecule has 6 nitrogen and oxygen atoms in total. The molecular weight excluding hydrogens is 280 g/mol. The van der Waals surface area contributed by atoms with E-state index in [0.717, 1.165) is 24.9 Å². The van der Waals surface area contributed by atoms with Gasteiger partial charge in [-0.05, 0) is 25.0 Å². The van der Waals surface area contributed by atoms with Crippen LogP contribution in [0.5, 0.6) is 0 Å². The Morgan fingerprint density at radius 3 is 2.91 bits per heavy atom. The van der Waals surface area contributed by atoms with Crippen LogP contribution in [0.2, 0.25) is 0 Å². The number of hydrogen-bond acceptors (Lipinski definition) is 3. The quantitative estimate of drug-likeness (QED) is 0.846. The summed E-state index contributed by atoms with van der Waals surface area (Å²) in [7, 11) is 1.77. The Labute approximate surface area is 129 Å². The minimum Gasteiger partial charge on any atom is -0.340 e. The molecule has 0 N–H and O–H groups in total. The molecule has 0 aliphatic carbocycles. The van der Waals surface area contributed by atoms with E-state index in [0.29, 0.717) is 12.2 Å². The highest BCUT2D eigenvalue weighted by Crippen LogP contribution is 2.24. The fraction of sp³-hybridized carbons (Fsp3) is 0.562. The predicted molar refractivity (Wildman–Crippen MR) is 84.7 cm³/mol. The lowest BCUT2D eigenvalue weighted by molar-refractivity contribution is -0.136. The number of fused-ring (bicyclic) bond motifs is 1. The molecule has 1 unspecified atom stereocenters. The number of carbonyl (C=O) groups excluding carboxylic acids is 1. The first-order chi connectivity index (χ1) is 10.5. The summed E-state index contributed by atoms with van der Waals surface area (Å²) in [5.74, 6) is 0.145. The van der Waals surface area contributed by atoms with Crippen molar-refractivity contribution in [1.82, 2.24) is 19.0 Å². The molecule has 0 aromatic carbocycles. The summed E-state index contributed by atoms with van der Waals surface area (Å²) in [6.07, 6.45) is 3.52. The Morgan fingerprint density at radius 1 is 1.41 bits per heavy atom. The number of nitrogens with zero attached hydrogens (tertiary/aromatic N) is 4. The molecule has 1 fully saturated rings. The third-order valence-corrected chi connectivity index (χ3v) is 4.42. The van der Waals surface area contributed by atoms with Crippen molar-refractivity contribution < 1.29 is 4.79 Å². The summed E-state index contributed by atoms with van der Waals surface area (Å²) in [4.78, 5) is 31.1. The summed E-state index contributed by atoms with van der Waals surface area (Å²) >= 11 is 0. The van der Waals surface area contributed by atoms with Gasteiger partial charge in [0.15, 0.2) is 5.65 Å². The lowest BCUT2D eigenvalue weighted by Crippen LogP contribution is -2.44.